The summed E-state index contributed by atoms with van der Waals surface area (Å²) < 4.78 is 24.5. The van der Waals surface area contributed by atoms with Gasteiger partial charge in [0, 0.05) is 16.5 Å². The van der Waals surface area contributed by atoms with Crippen LogP contribution in [0, 0.1) is 5.41 Å². The molecule has 1 aliphatic heterocycles. The summed E-state index contributed by atoms with van der Waals surface area (Å²) in [4.78, 5) is 18.0. The molecule has 5 rings (SSSR count). The molecule has 9 nitrogen and oxygen atoms in total. The van der Waals surface area contributed by atoms with E-state index in [1.807, 2.05) is 0 Å². The van der Waals surface area contributed by atoms with Crippen LogP contribution in [0.15, 0.2) is 15.5 Å². The number of amides is 2. The molecular weight excluding hydrogens is 428 g/mol. The van der Waals surface area contributed by atoms with Crippen LogP contribution in [-0.4, -0.2) is 31.6 Å². The van der Waals surface area contributed by atoms with Gasteiger partial charge in [0.05, 0.1) is 30.7 Å². The van der Waals surface area contributed by atoms with Gasteiger partial charge in [-0.1, -0.05) is 27.7 Å². The molecule has 172 valence electrons. The third-order valence-corrected chi connectivity index (χ3v) is 8.02. The first kappa shape index (κ1) is 21.4. The fourth-order valence-electron chi connectivity index (χ4n) is 4.97. The second-order valence-corrected chi connectivity index (χ2v) is 12.3. The Morgan fingerprint density at radius 2 is 2.03 bits per heavy atom. The lowest BCUT2D eigenvalue weighted by Crippen LogP contribution is -2.33. The highest BCUT2D eigenvalue weighted by molar-refractivity contribution is 7.91. The Hall–Kier alpha value is -2.46. The molecule has 10 heteroatoms. The molecule has 2 aromatic rings. The Morgan fingerprint density at radius 1 is 1.25 bits per heavy atom. The maximum atomic E-state index is 13.3. The fourth-order valence-corrected chi connectivity index (χ4v) is 5.97. The molecule has 0 aromatic carbocycles. The zero-order valence-corrected chi connectivity index (χ0v) is 19.8. The van der Waals surface area contributed by atoms with Gasteiger partial charge >= 0.3 is 6.03 Å². The molecule has 32 heavy (non-hydrogen) atoms. The molecule has 0 bridgehead atoms. The number of hydrogen-bond acceptors (Lipinski definition) is 5. The van der Waals surface area contributed by atoms with E-state index < -0.39 is 15.9 Å². The molecule has 2 amide bonds. The zero-order valence-electron chi connectivity index (χ0n) is 19.0. The van der Waals surface area contributed by atoms with E-state index in [0.717, 1.165) is 60.3 Å². The summed E-state index contributed by atoms with van der Waals surface area (Å²) in [6.45, 7) is 9.53. The van der Waals surface area contributed by atoms with Crippen LogP contribution in [0.4, 0.5) is 10.5 Å². The number of rotatable bonds is 2. The van der Waals surface area contributed by atoms with Crippen molar-refractivity contribution >= 4 is 21.6 Å². The van der Waals surface area contributed by atoms with E-state index in [0.29, 0.717) is 19.0 Å². The number of nitrogens with one attached hydrogen (secondary N) is 1. The molecule has 3 N–H and O–H groups in total. The second-order valence-electron chi connectivity index (χ2n) is 10.5. The molecule has 3 heterocycles. The fraction of sp³-hybridized carbons (Fsp3) is 0.591. The van der Waals surface area contributed by atoms with Crippen molar-refractivity contribution in [2.24, 2.45) is 14.9 Å². The normalized spacial score (nSPS) is 21.7. The van der Waals surface area contributed by atoms with Crippen molar-refractivity contribution in [3.63, 3.8) is 0 Å². The summed E-state index contributed by atoms with van der Waals surface area (Å²) in [5, 5.41) is 13.2. The summed E-state index contributed by atoms with van der Waals surface area (Å²) in [7, 11) is -3.53. The molecule has 1 atom stereocenters. The van der Waals surface area contributed by atoms with Crippen molar-refractivity contribution in [3.8, 4) is 5.88 Å². The van der Waals surface area contributed by atoms with E-state index in [1.165, 1.54) is 6.20 Å². The van der Waals surface area contributed by atoms with Crippen molar-refractivity contribution in [1.82, 2.24) is 14.8 Å². The Kier molecular flexibility index (Phi) is 4.69. The Morgan fingerprint density at radius 3 is 2.81 bits per heavy atom. The van der Waals surface area contributed by atoms with E-state index >= 15 is 0 Å². The van der Waals surface area contributed by atoms with Crippen LogP contribution in [-0.2, 0) is 41.1 Å². The minimum absolute atomic E-state index is 0.0344. The quantitative estimate of drug-likeness (QED) is 0.714. The molecule has 1 unspecified atom stereocenters. The van der Waals surface area contributed by atoms with Gasteiger partial charge in [-0.15, -0.1) is 4.36 Å². The monoisotopic (exact) mass is 458 g/mol. The first-order chi connectivity index (χ1) is 15.0. The molecule has 3 aliphatic rings. The van der Waals surface area contributed by atoms with Crippen LogP contribution >= 0.6 is 0 Å². The summed E-state index contributed by atoms with van der Waals surface area (Å²) in [5.41, 5.74) is 4.88. The van der Waals surface area contributed by atoms with Gasteiger partial charge in [-0.05, 0) is 43.2 Å². The number of pyridine rings is 1. The van der Waals surface area contributed by atoms with E-state index in [4.69, 9.17) is 14.9 Å². The predicted octanol–water partition coefficient (Wildman–Crippen LogP) is 3.34. The van der Waals surface area contributed by atoms with Crippen LogP contribution < -0.4 is 15.2 Å². The number of fused-ring (bicyclic) bond motifs is 3. The molecule has 0 spiro atoms. The lowest BCUT2D eigenvalue weighted by Gasteiger charge is -2.30. The Labute approximate surface area is 188 Å². The van der Waals surface area contributed by atoms with Gasteiger partial charge in [0.1, 0.15) is 4.90 Å². The topological polar surface area (TPSA) is 124 Å². The number of nitrogens with two attached hydrogens (primary N) is 1. The van der Waals surface area contributed by atoms with Gasteiger partial charge < -0.3 is 10.1 Å². The third kappa shape index (κ3) is 3.49. The average molecular weight is 459 g/mol. The molecule has 0 saturated heterocycles. The SMILES string of the molecule is CC1(C)COc2c(S(N)(=O)=NC(=O)Nc3c4c(nc5c3CCC5(C)C)CCC4)cnn2C1. The van der Waals surface area contributed by atoms with E-state index in [9.17, 15) is 9.00 Å². The van der Waals surface area contributed by atoms with Gasteiger partial charge in [0.15, 0.2) is 9.92 Å². The van der Waals surface area contributed by atoms with Crippen LogP contribution in [0.25, 0.3) is 0 Å². The van der Waals surface area contributed by atoms with Crippen molar-refractivity contribution in [2.75, 3.05) is 11.9 Å². The molecular formula is C22H30N6O3S. The average Bonchev–Trinajstić information content (AvgIpc) is 3.38. The van der Waals surface area contributed by atoms with Crippen molar-refractivity contribution in [3.05, 3.63) is 28.7 Å². The van der Waals surface area contributed by atoms with E-state index in [1.54, 1.807) is 4.68 Å². The predicted molar refractivity (Wildman–Crippen MR) is 121 cm³/mol. The number of carbonyl (C=O) groups excluding carboxylic acids is 1. The first-order valence-electron chi connectivity index (χ1n) is 11.1. The summed E-state index contributed by atoms with van der Waals surface area (Å²) >= 11 is 0. The van der Waals surface area contributed by atoms with Gasteiger partial charge in [-0.3, -0.25) is 4.98 Å². The molecule has 2 aliphatic carbocycles. The van der Waals surface area contributed by atoms with Crippen molar-refractivity contribution in [2.45, 2.75) is 76.7 Å². The lowest BCUT2D eigenvalue weighted by atomic mass is 9.90. The minimum Gasteiger partial charge on any atom is -0.476 e. The smallest absolute Gasteiger partial charge is 0.354 e. The van der Waals surface area contributed by atoms with Crippen LogP contribution in [0.3, 0.4) is 0 Å². The van der Waals surface area contributed by atoms with Crippen LogP contribution in [0.2, 0.25) is 0 Å². The molecule has 2 aromatic heterocycles. The Balaban J connectivity index is 1.49. The third-order valence-electron chi connectivity index (χ3n) is 6.67. The van der Waals surface area contributed by atoms with E-state index in [-0.39, 0.29) is 15.7 Å². The number of ether oxygens (including phenoxy) is 1. The number of urea groups is 1. The summed E-state index contributed by atoms with van der Waals surface area (Å²) in [6.07, 6.45) is 5.99. The standard InChI is InChI=1S/C22H30N6O3S/c1-21(2)11-28-19(31-12-21)16(10-24-28)32(23,30)27-20(29)26-17-13-6-5-7-15(13)25-18-14(17)8-9-22(18,3)4/h10H,5-9,11-12H2,1-4H3,(H3,23,25,26,27,29,30). The highest BCUT2D eigenvalue weighted by Crippen LogP contribution is 2.44. The number of nitrogens with zero attached hydrogens (tertiary/aromatic N) is 4. The number of hydrogen-bond donors (Lipinski definition) is 2. The largest absolute Gasteiger partial charge is 0.476 e. The van der Waals surface area contributed by atoms with Gasteiger partial charge in [-0.2, -0.15) is 5.10 Å². The Bertz CT molecular complexity index is 1250. The van der Waals surface area contributed by atoms with Crippen molar-refractivity contribution in [1.29, 1.82) is 0 Å². The molecule has 0 fully saturated rings. The zero-order chi connectivity index (χ0) is 22.9. The molecule has 0 radical (unpaired) electrons. The number of aromatic nitrogens is 3. The molecule has 0 saturated carbocycles. The minimum atomic E-state index is -3.53. The first-order valence-corrected chi connectivity index (χ1v) is 12.6. The maximum absolute atomic E-state index is 13.3. The highest BCUT2D eigenvalue weighted by Gasteiger charge is 2.37. The van der Waals surface area contributed by atoms with Crippen molar-refractivity contribution < 1.29 is 13.7 Å². The lowest BCUT2D eigenvalue weighted by molar-refractivity contribution is 0.0972. The summed E-state index contributed by atoms with van der Waals surface area (Å²) in [6, 6.07) is -0.721. The van der Waals surface area contributed by atoms with Gasteiger partial charge in [0.25, 0.3) is 0 Å². The maximum Gasteiger partial charge on any atom is 0.354 e. The van der Waals surface area contributed by atoms with Gasteiger partial charge in [-0.25, -0.2) is 18.8 Å². The number of anilines is 1. The number of carbonyl (C=O) groups is 1. The highest BCUT2D eigenvalue weighted by atomic mass is 32.2. The van der Waals surface area contributed by atoms with Crippen LogP contribution in [0.1, 0.15) is 63.1 Å². The summed E-state index contributed by atoms with van der Waals surface area (Å²) in [5.74, 6) is 0.320. The second kappa shape index (κ2) is 7.02. The number of aryl methyl sites for hydroxylation is 1. The van der Waals surface area contributed by atoms with E-state index in [2.05, 4.69) is 42.5 Å². The van der Waals surface area contributed by atoms with Gasteiger partial charge in [0.2, 0.25) is 5.88 Å². The van der Waals surface area contributed by atoms with Crippen LogP contribution in [0.5, 0.6) is 5.88 Å².